The normalized spacial score (nSPS) is 19.1. The van der Waals surface area contributed by atoms with Crippen molar-refractivity contribution in [3.8, 4) is 11.4 Å². The van der Waals surface area contributed by atoms with Gasteiger partial charge >= 0.3 is 0 Å². The third-order valence-electron chi connectivity index (χ3n) is 3.28. The number of hydrogen-bond acceptors (Lipinski definition) is 2. The lowest BCUT2D eigenvalue weighted by Gasteiger charge is -2.22. The molecule has 88 valence electrons. The van der Waals surface area contributed by atoms with E-state index in [-0.39, 0.29) is 11.9 Å². The zero-order chi connectivity index (χ0) is 11.8. The first-order chi connectivity index (χ1) is 8.27. The first-order valence-corrected chi connectivity index (χ1v) is 5.83. The van der Waals surface area contributed by atoms with E-state index >= 15 is 0 Å². The molecule has 0 aliphatic carbocycles. The van der Waals surface area contributed by atoms with Crippen molar-refractivity contribution in [1.82, 2.24) is 9.55 Å². The van der Waals surface area contributed by atoms with Crippen molar-refractivity contribution in [2.24, 2.45) is 5.73 Å². The third kappa shape index (κ3) is 1.65. The summed E-state index contributed by atoms with van der Waals surface area (Å²) >= 11 is 0. The van der Waals surface area contributed by atoms with E-state index < -0.39 is 0 Å². The summed E-state index contributed by atoms with van der Waals surface area (Å²) in [6.45, 7) is 0.868. The van der Waals surface area contributed by atoms with Gasteiger partial charge in [0, 0.05) is 12.6 Å². The second-order valence-electron chi connectivity index (χ2n) is 4.39. The number of rotatable bonds is 1. The van der Waals surface area contributed by atoms with Gasteiger partial charge in [0.05, 0.1) is 17.5 Å². The second-order valence-corrected chi connectivity index (χ2v) is 4.39. The van der Waals surface area contributed by atoms with Crippen molar-refractivity contribution in [2.45, 2.75) is 25.4 Å². The molecule has 1 aromatic heterocycles. The summed E-state index contributed by atoms with van der Waals surface area (Å²) in [6.07, 6.45) is 3.76. The Labute approximate surface area is 99.1 Å². The average Bonchev–Trinajstić information content (AvgIpc) is 2.75. The van der Waals surface area contributed by atoms with Crippen LogP contribution in [0.2, 0.25) is 0 Å². The summed E-state index contributed by atoms with van der Waals surface area (Å²) in [7, 11) is 0. The molecule has 3 rings (SSSR count). The highest BCUT2D eigenvalue weighted by Crippen LogP contribution is 2.29. The van der Waals surface area contributed by atoms with Crippen molar-refractivity contribution >= 4 is 0 Å². The predicted molar refractivity (Wildman–Crippen MR) is 63.8 cm³/mol. The van der Waals surface area contributed by atoms with Gasteiger partial charge in [-0.25, -0.2) is 9.37 Å². The number of imidazole rings is 1. The molecule has 4 heteroatoms. The van der Waals surface area contributed by atoms with Gasteiger partial charge in [-0.15, -0.1) is 0 Å². The minimum atomic E-state index is -0.236. The van der Waals surface area contributed by atoms with Gasteiger partial charge in [-0.2, -0.15) is 0 Å². The van der Waals surface area contributed by atoms with E-state index in [4.69, 9.17) is 5.73 Å². The quantitative estimate of drug-likeness (QED) is 0.819. The Morgan fingerprint density at radius 2 is 2.18 bits per heavy atom. The topological polar surface area (TPSA) is 43.8 Å². The van der Waals surface area contributed by atoms with Crippen LogP contribution in [0.4, 0.5) is 4.39 Å². The Kier molecular flexibility index (Phi) is 2.44. The molecule has 2 N–H and O–H groups in total. The van der Waals surface area contributed by atoms with Crippen molar-refractivity contribution in [2.75, 3.05) is 0 Å². The molecule has 17 heavy (non-hydrogen) atoms. The average molecular weight is 231 g/mol. The number of halogens is 1. The Balaban J connectivity index is 2.14. The highest BCUT2D eigenvalue weighted by molar-refractivity contribution is 5.57. The van der Waals surface area contributed by atoms with Crippen molar-refractivity contribution < 1.29 is 4.39 Å². The molecule has 1 aliphatic heterocycles. The third-order valence-corrected chi connectivity index (χ3v) is 3.28. The summed E-state index contributed by atoms with van der Waals surface area (Å²) in [5, 5.41) is 0. The number of nitrogens with zero attached hydrogens (tertiary/aromatic N) is 2. The molecule has 1 aromatic carbocycles. The molecule has 0 bridgehead atoms. The Morgan fingerprint density at radius 3 is 3.00 bits per heavy atom. The maximum Gasteiger partial charge on any atom is 0.143 e. The van der Waals surface area contributed by atoms with Gasteiger partial charge in [-0.05, 0) is 25.0 Å². The monoisotopic (exact) mass is 231 g/mol. The van der Waals surface area contributed by atoms with Crippen LogP contribution in [-0.2, 0) is 6.54 Å². The van der Waals surface area contributed by atoms with Crippen LogP contribution in [0, 0.1) is 5.82 Å². The van der Waals surface area contributed by atoms with Gasteiger partial charge in [0.15, 0.2) is 0 Å². The minimum absolute atomic E-state index is 0.0248. The van der Waals surface area contributed by atoms with E-state index in [1.54, 1.807) is 18.3 Å². The van der Waals surface area contributed by atoms with E-state index in [9.17, 15) is 4.39 Å². The lowest BCUT2D eigenvalue weighted by atomic mass is 10.1. The summed E-state index contributed by atoms with van der Waals surface area (Å²) in [6, 6.07) is 6.75. The summed E-state index contributed by atoms with van der Waals surface area (Å²) < 4.78 is 15.8. The van der Waals surface area contributed by atoms with Crippen LogP contribution in [0.1, 0.15) is 24.6 Å². The van der Waals surface area contributed by atoms with Crippen LogP contribution >= 0.6 is 0 Å². The molecule has 3 nitrogen and oxygen atoms in total. The number of aromatic nitrogens is 2. The van der Waals surface area contributed by atoms with E-state index in [0.29, 0.717) is 11.4 Å². The van der Waals surface area contributed by atoms with Crippen molar-refractivity contribution in [1.29, 1.82) is 0 Å². The zero-order valence-corrected chi connectivity index (χ0v) is 9.44. The molecular formula is C13H14FN3. The molecular weight excluding hydrogens is 217 g/mol. The Bertz CT molecular complexity index is 547. The number of nitrogens with two attached hydrogens (primary N) is 1. The molecule has 0 radical (unpaired) electrons. The molecule has 0 saturated carbocycles. The van der Waals surface area contributed by atoms with Gasteiger partial charge in [0.25, 0.3) is 0 Å². The first-order valence-electron chi connectivity index (χ1n) is 5.83. The van der Waals surface area contributed by atoms with Crippen LogP contribution in [0.5, 0.6) is 0 Å². The second kappa shape index (κ2) is 3.96. The summed E-state index contributed by atoms with van der Waals surface area (Å²) in [5.74, 6) is 0.452. The summed E-state index contributed by atoms with van der Waals surface area (Å²) in [5.41, 5.74) is 7.58. The van der Waals surface area contributed by atoms with Crippen LogP contribution < -0.4 is 5.73 Å². The van der Waals surface area contributed by atoms with Gasteiger partial charge in [-0.3, -0.25) is 0 Å². The molecule has 2 aromatic rings. The maximum absolute atomic E-state index is 13.7. The fourth-order valence-corrected chi connectivity index (χ4v) is 2.39. The van der Waals surface area contributed by atoms with Gasteiger partial charge in [0.1, 0.15) is 11.6 Å². The largest absolute Gasteiger partial charge is 0.326 e. The van der Waals surface area contributed by atoms with Crippen molar-refractivity contribution in [3.05, 3.63) is 42.0 Å². The predicted octanol–water partition coefficient (Wildman–Crippen LogP) is 2.48. The fraction of sp³-hybridized carbons (Fsp3) is 0.308. The van der Waals surface area contributed by atoms with E-state index in [0.717, 1.165) is 25.1 Å². The van der Waals surface area contributed by atoms with Gasteiger partial charge in [0.2, 0.25) is 0 Å². The molecule has 0 fully saturated rings. The van der Waals surface area contributed by atoms with Crippen LogP contribution in [0.15, 0.2) is 30.5 Å². The maximum atomic E-state index is 13.7. The molecule has 1 aliphatic rings. The molecule has 2 heterocycles. The Morgan fingerprint density at radius 1 is 1.35 bits per heavy atom. The number of hydrogen-bond donors (Lipinski definition) is 1. The highest BCUT2D eigenvalue weighted by Gasteiger charge is 2.21. The highest BCUT2D eigenvalue weighted by atomic mass is 19.1. The van der Waals surface area contributed by atoms with Crippen molar-refractivity contribution in [3.63, 3.8) is 0 Å². The Hall–Kier alpha value is -1.68. The lowest BCUT2D eigenvalue weighted by molar-refractivity contribution is 0.465. The van der Waals surface area contributed by atoms with Crippen LogP contribution in [0.25, 0.3) is 11.4 Å². The molecule has 1 atom stereocenters. The molecule has 0 saturated heterocycles. The first kappa shape index (κ1) is 10.5. The molecule has 0 spiro atoms. The van der Waals surface area contributed by atoms with E-state index in [1.165, 1.54) is 6.07 Å². The molecule has 0 amide bonds. The fourth-order valence-electron chi connectivity index (χ4n) is 2.39. The van der Waals surface area contributed by atoms with E-state index in [2.05, 4.69) is 4.98 Å². The van der Waals surface area contributed by atoms with Gasteiger partial charge in [-0.1, -0.05) is 12.1 Å². The number of benzene rings is 1. The lowest BCUT2D eigenvalue weighted by Crippen LogP contribution is -2.21. The zero-order valence-electron chi connectivity index (χ0n) is 9.44. The van der Waals surface area contributed by atoms with Gasteiger partial charge < -0.3 is 10.3 Å². The van der Waals surface area contributed by atoms with Crippen LogP contribution in [0.3, 0.4) is 0 Å². The minimum Gasteiger partial charge on any atom is -0.326 e. The standard InChI is InChI=1S/C13H14FN3/c14-10-5-2-1-4-9(10)13-16-8-12-11(15)6-3-7-17(12)13/h1-2,4-5,8,11H,3,6-7,15H2. The van der Waals surface area contributed by atoms with E-state index in [1.807, 2.05) is 10.6 Å². The summed E-state index contributed by atoms with van der Waals surface area (Å²) in [4.78, 5) is 4.32. The smallest absolute Gasteiger partial charge is 0.143 e. The number of fused-ring (bicyclic) bond motifs is 1. The SMILES string of the molecule is NC1CCCn2c1cnc2-c1ccccc1F. The van der Waals surface area contributed by atoms with Crippen LogP contribution in [-0.4, -0.2) is 9.55 Å². The molecule has 1 unspecified atom stereocenters.